The second kappa shape index (κ2) is 12.3. The maximum absolute atomic E-state index is 13.5. The number of nitrogens with zero attached hydrogens (tertiary/aromatic N) is 4. The topological polar surface area (TPSA) is 109 Å². The highest BCUT2D eigenvalue weighted by Gasteiger charge is 2.31. The summed E-state index contributed by atoms with van der Waals surface area (Å²) in [6.45, 7) is -0.0972. The number of alkyl halides is 3. The first-order valence-electron chi connectivity index (χ1n) is 12.6. The number of aromatic nitrogens is 2. The first-order chi connectivity index (χ1) is 21.0. The Kier molecular flexibility index (Phi) is 8.56. The van der Waals surface area contributed by atoms with Crippen molar-refractivity contribution in [3.8, 4) is 22.9 Å². The number of ether oxygens (including phenoxy) is 2. The van der Waals surface area contributed by atoms with Crippen molar-refractivity contribution in [2.75, 3.05) is 7.11 Å². The molecule has 0 spiro atoms. The average Bonchev–Trinajstić information content (AvgIpc) is 3.00. The molecule has 1 aromatic heterocycles. The molecule has 0 aliphatic heterocycles. The van der Waals surface area contributed by atoms with Gasteiger partial charge in [-0.1, -0.05) is 53.5 Å². The molecule has 0 bridgehead atoms. The largest absolute Gasteiger partial charge is 0.493 e. The van der Waals surface area contributed by atoms with Gasteiger partial charge in [0.15, 0.2) is 11.6 Å². The lowest BCUT2D eigenvalue weighted by molar-refractivity contribution is -0.386. The van der Waals surface area contributed by atoms with Gasteiger partial charge in [-0.05, 0) is 48.0 Å². The molecule has 0 radical (unpaired) electrons. The van der Waals surface area contributed by atoms with Crippen LogP contribution in [-0.2, 0) is 12.8 Å². The molecule has 4 aromatic carbocycles. The Morgan fingerprint density at radius 2 is 1.80 bits per heavy atom. The van der Waals surface area contributed by atoms with Crippen molar-refractivity contribution >= 4 is 46.0 Å². The van der Waals surface area contributed by atoms with Crippen molar-refractivity contribution in [3.63, 3.8) is 0 Å². The number of benzene rings is 4. The van der Waals surface area contributed by atoms with Gasteiger partial charge in [0, 0.05) is 17.2 Å². The van der Waals surface area contributed by atoms with Crippen molar-refractivity contribution in [3.05, 3.63) is 126 Å². The molecule has 0 N–H and O–H groups in total. The number of fused-ring (bicyclic) bond motifs is 1. The van der Waals surface area contributed by atoms with Crippen LogP contribution in [0.2, 0.25) is 10.0 Å². The van der Waals surface area contributed by atoms with Gasteiger partial charge < -0.3 is 9.47 Å². The SMILES string of the molecule is COc1cc(C=Nn2c(-c3cccc(C(F)(F)F)c3)nc3ccccc3c2=O)cc([N+](=O)[O-])c1OCc1ccc(Cl)c(Cl)c1. The molecule has 0 saturated carbocycles. The van der Waals surface area contributed by atoms with Crippen molar-refractivity contribution in [1.29, 1.82) is 0 Å². The summed E-state index contributed by atoms with van der Waals surface area (Å²) in [5, 5.41) is 17.0. The van der Waals surface area contributed by atoms with Gasteiger partial charge in [-0.25, -0.2) is 4.98 Å². The molecule has 0 aliphatic rings. The quantitative estimate of drug-likeness (QED) is 0.0972. The smallest absolute Gasteiger partial charge is 0.416 e. The second-order valence-corrected chi connectivity index (χ2v) is 10.1. The fourth-order valence-electron chi connectivity index (χ4n) is 4.28. The van der Waals surface area contributed by atoms with Crippen LogP contribution >= 0.6 is 23.2 Å². The minimum absolute atomic E-state index is 0.0113. The Labute approximate surface area is 256 Å². The number of rotatable bonds is 8. The molecule has 1 heterocycles. The van der Waals surface area contributed by atoms with E-state index in [0.29, 0.717) is 10.6 Å². The lowest BCUT2D eigenvalue weighted by Crippen LogP contribution is -2.20. The van der Waals surface area contributed by atoms with Crippen LogP contribution in [0.3, 0.4) is 0 Å². The van der Waals surface area contributed by atoms with Crippen LogP contribution in [0.15, 0.2) is 88.8 Å². The standard InChI is InChI=1S/C30H19Cl2F3N4O5/c1-43-26-13-18(12-25(39(41)42)27(26)44-16-17-9-10-22(31)23(32)11-17)15-36-38-28(19-5-4-6-20(14-19)30(33,34)35)37-24-8-3-2-7-21(24)29(38)40/h2-15H,16H2,1H3. The molecule has 14 heteroatoms. The van der Waals surface area contributed by atoms with Gasteiger partial charge in [-0.2, -0.15) is 22.9 Å². The molecule has 0 unspecified atom stereocenters. The summed E-state index contributed by atoms with van der Waals surface area (Å²) in [5.74, 6) is -0.350. The first-order valence-corrected chi connectivity index (χ1v) is 13.4. The molecule has 0 fully saturated rings. The predicted molar refractivity (Wildman–Crippen MR) is 160 cm³/mol. The Morgan fingerprint density at radius 1 is 1.02 bits per heavy atom. The van der Waals surface area contributed by atoms with Crippen LogP contribution in [0.1, 0.15) is 16.7 Å². The highest BCUT2D eigenvalue weighted by atomic mass is 35.5. The molecule has 44 heavy (non-hydrogen) atoms. The third-order valence-corrected chi connectivity index (χ3v) is 7.10. The average molecular weight is 643 g/mol. The number of para-hydroxylation sites is 1. The molecule has 0 amide bonds. The lowest BCUT2D eigenvalue weighted by Gasteiger charge is -2.13. The Hall–Kier alpha value is -4.94. The number of nitro benzene ring substituents is 1. The lowest BCUT2D eigenvalue weighted by atomic mass is 10.1. The fraction of sp³-hybridized carbons (Fsp3) is 0.100. The monoisotopic (exact) mass is 642 g/mol. The minimum Gasteiger partial charge on any atom is -0.493 e. The highest BCUT2D eigenvalue weighted by molar-refractivity contribution is 6.42. The zero-order chi connectivity index (χ0) is 31.6. The molecular weight excluding hydrogens is 624 g/mol. The summed E-state index contributed by atoms with van der Waals surface area (Å²) < 4.78 is 52.3. The van der Waals surface area contributed by atoms with Crippen LogP contribution in [0, 0.1) is 10.1 Å². The summed E-state index contributed by atoms with van der Waals surface area (Å²) in [4.78, 5) is 29.2. The maximum atomic E-state index is 13.5. The highest BCUT2D eigenvalue weighted by Crippen LogP contribution is 2.39. The maximum Gasteiger partial charge on any atom is 0.416 e. The molecule has 9 nitrogen and oxygen atoms in total. The number of hydrogen-bond acceptors (Lipinski definition) is 7. The van der Waals surface area contributed by atoms with Crippen LogP contribution < -0.4 is 15.0 Å². The van der Waals surface area contributed by atoms with Crippen LogP contribution in [0.4, 0.5) is 18.9 Å². The molecule has 5 rings (SSSR count). The Balaban J connectivity index is 1.59. The van der Waals surface area contributed by atoms with E-state index in [-0.39, 0.29) is 51.0 Å². The number of hydrogen-bond donors (Lipinski definition) is 0. The van der Waals surface area contributed by atoms with Gasteiger partial charge in [0.1, 0.15) is 6.61 Å². The predicted octanol–water partition coefficient (Wildman–Crippen LogP) is 7.77. The number of methoxy groups -OCH3 is 1. The third-order valence-electron chi connectivity index (χ3n) is 6.37. The summed E-state index contributed by atoms with van der Waals surface area (Å²) >= 11 is 12.0. The van der Waals surface area contributed by atoms with E-state index in [9.17, 15) is 28.1 Å². The van der Waals surface area contributed by atoms with Crippen molar-refractivity contribution < 1.29 is 27.6 Å². The van der Waals surface area contributed by atoms with Gasteiger partial charge in [0.2, 0.25) is 5.75 Å². The third kappa shape index (κ3) is 6.36. The second-order valence-electron chi connectivity index (χ2n) is 9.26. The Bertz CT molecular complexity index is 2000. The number of halogens is 5. The van der Waals surface area contributed by atoms with E-state index in [1.54, 1.807) is 36.4 Å². The summed E-state index contributed by atoms with van der Waals surface area (Å²) in [5.41, 5.74) is -1.12. The van der Waals surface area contributed by atoms with Gasteiger partial charge in [0.05, 0.1) is 44.8 Å². The van der Waals surface area contributed by atoms with E-state index in [1.807, 2.05) is 0 Å². The van der Waals surface area contributed by atoms with E-state index in [4.69, 9.17) is 32.7 Å². The Morgan fingerprint density at radius 3 is 2.50 bits per heavy atom. The summed E-state index contributed by atoms with van der Waals surface area (Å²) in [7, 11) is 1.29. The van der Waals surface area contributed by atoms with Crippen LogP contribution in [0.5, 0.6) is 11.5 Å². The zero-order valence-electron chi connectivity index (χ0n) is 22.5. The van der Waals surface area contributed by atoms with E-state index in [1.165, 1.54) is 31.4 Å². The van der Waals surface area contributed by atoms with E-state index < -0.39 is 27.9 Å². The fourth-order valence-corrected chi connectivity index (χ4v) is 4.60. The molecule has 0 atom stereocenters. The number of nitro groups is 1. The van der Waals surface area contributed by atoms with E-state index in [2.05, 4.69) is 10.1 Å². The van der Waals surface area contributed by atoms with Crippen molar-refractivity contribution in [2.24, 2.45) is 5.10 Å². The first kappa shape index (κ1) is 30.5. The van der Waals surface area contributed by atoms with Gasteiger partial charge in [-0.15, -0.1) is 0 Å². The molecule has 5 aromatic rings. The molecular formula is C30H19Cl2F3N4O5. The minimum atomic E-state index is -4.64. The van der Waals surface area contributed by atoms with E-state index >= 15 is 0 Å². The van der Waals surface area contributed by atoms with Crippen molar-refractivity contribution in [1.82, 2.24) is 9.66 Å². The van der Waals surface area contributed by atoms with E-state index in [0.717, 1.165) is 29.1 Å². The van der Waals surface area contributed by atoms with Gasteiger partial charge in [-0.3, -0.25) is 14.9 Å². The summed E-state index contributed by atoms with van der Waals surface area (Å²) in [6, 6.07) is 17.9. The van der Waals surface area contributed by atoms with Gasteiger partial charge >= 0.3 is 11.9 Å². The normalized spacial score (nSPS) is 11.7. The molecule has 0 aliphatic carbocycles. The van der Waals surface area contributed by atoms with Crippen LogP contribution in [0.25, 0.3) is 22.3 Å². The molecule has 0 saturated heterocycles. The molecule has 224 valence electrons. The zero-order valence-corrected chi connectivity index (χ0v) is 24.0. The summed E-state index contributed by atoms with van der Waals surface area (Å²) in [6.07, 6.45) is -3.51. The van der Waals surface area contributed by atoms with Crippen molar-refractivity contribution in [2.45, 2.75) is 12.8 Å². The van der Waals surface area contributed by atoms with Gasteiger partial charge in [0.25, 0.3) is 5.56 Å². The van der Waals surface area contributed by atoms with Crippen LogP contribution in [-0.4, -0.2) is 27.9 Å².